The standard InChI is InChI=1S/C22H24BrN3O4S2/c1-32(28,29)18-6-3-16(4-7-18)21(27)26(10-2-9-25-11-13-30-14-12-25)22-24-19-8-5-17(23)15-20(19)31-22/h3-8,15H,2,9-14H2,1H3. The SMILES string of the molecule is CS(=O)(=O)c1ccc(C(=O)N(CCCN2CCOCC2)c2nc3ccc(Br)cc3s2)cc1. The maximum atomic E-state index is 13.4. The number of carbonyl (C=O) groups excluding carboxylic acids is 1. The van der Waals surface area contributed by atoms with E-state index in [-0.39, 0.29) is 10.8 Å². The summed E-state index contributed by atoms with van der Waals surface area (Å²) in [5, 5.41) is 0.636. The molecule has 0 radical (unpaired) electrons. The van der Waals surface area contributed by atoms with Gasteiger partial charge in [-0.05, 0) is 48.9 Å². The lowest BCUT2D eigenvalue weighted by molar-refractivity contribution is 0.0376. The zero-order valence-corrected chi connectivity index (χ0v) is 20.9. The van der Waals surface area contributed by atoms with Crippen molar-refractivity contribution >= 4 is 58.4 Å². The van der Waals surface area contributed by atoms with E-state index in [1.165, 1.54) is 23.5 Å². The Kier molecular flexibility index (Phi) is 7.26. The van der Waals surface area contributed by atoms with Gasteiger partial charge in [0, 0.05) is 42.5 Å². The topological polar surface area (TPSA) is 79.8 Å². The van der Waals surface area contributed by atoms with Gasteiger partial charge in [-0.1, -0.05) is 27.3 Å². The highest BCUT2D eigenvalue weighted by Crippen LogP contribution is 2.32. The molecule has 1 saturated heterocycles. The molecule has 3 aromatic rings. The number of carbonyl (C=O) groups is 1. The van der Waals surface area contributed by atoms with Crippen molar-refractivity contribution in [1.82, 2.24) is 9.88 Å². The number of nitrogens with zero attached hydrogens (tertiary/aromatic N) is 3. The predicted octanol–water partition coefficient (Wildman–Crippen LogP) is 3.83. The van der Waals surface area contributed by atoms with Crippen molar-refractivity contribution < 1.29 is 17.9 Å². The van der Waals surface area contributed by atoms with Crippen molar-refractivity contribution in [3.63, 3.8) is 0 Å². The van der Waals surface area contributed by atoms with Crippen LogP contribution in [0.25, 0.3) is 10.2 Å². The highest BCUT2D eigenvalue weighted by atomic mass is 79.9. The first kappa shape index (κ1) is 23.3. The minimum Gasteiger partial charge on any atom is -0.379 e. The molecule has 7 nitrogen and oxygen atoms in total. The molecule has 2 heterocycles. The van der Waals surface area contributed by atoms with Gasteiger partial charge in [-0.15, -0.1) is 0 Å². The van der Waals surface area contributed by atoms with Gasteiger partial charge < -0.3 is 4.74 Å². The fraction of sp³-hybridized carbons (Fsp3) is 0.364. The van der Waals surface area contributed by atoms with Crippen LogP contribution in [-0.4, -0.2) is 69.9 Å². The number of hydrogen-bond donors (Lipinski definition) is 0. The second-order valence-corrected chi connectivity index (χ2v) is 11.6. The summed E-state index contributed by atoms with van der Waals surface area (Å²) in [6, 6.07) is 11.9. The lowest BCUT2D eigenvalue weighted by Crippen LogP contribution is -2.39. The molecular weight excluding hydrogens is 514 g/mol. The Morgan fingerprint density at radius 2 is 1.91 bits per heavy atom. The fourth-order valence-electron chi connectivity index (χ4n) is 3.56. The van der Waals surface area contributed by atoms with Crippen molar-refractivity contribution in [3.8, 4) is 0 Å². The van der Waals surface area contributed by atoms with Gasteiger partial charge in [0.15, 0.2) is 15.0 Å². The first-order chi connectivity index (χ1) is 15.3. The number of amides is 1. The fourth-order valence-corrected chi connectivity index (χ4v) is 5.74. The number of benzene rings is 2. The molecule has 0 bridgehead atoms. The summed E-state index contributed by atoms with van der Waals surface area (Å²) in [5.41, 5.74) is 1.27. The van der Waals surface area contributed by atoms with E-state index in [1.807, 2.05) is 18.2 Å². The number of ether oxygens (including phenoxy) is 1. The first-order valence-electron chi connectivity index (χ1n) is 10.3. The average Bonchev–Trinajstić information content (AvgIpc) is 3.19. The highest BCUT2D eigenvalue weighted by Gasteiger charge is 2.22. The summed E-state index contributed by atoms with van der Waals surface area (Å²) < 4.78 is 30.9. The van der Waals surface area contributed by atoms with Crippen LogP contribution in [0.1, 0.15) is 16.8 Å². The molecule has 1 aliphatic heterocycles. The molecule has 4 rings (SSSR count). The molecule has 1 aliphatic rings. The van der Waals surface area contributed by atoms with Gasteiger partial charge in [-0.2, -0.15) is 0 Å². The smallest absolute Gasteiger partial charge is 0.260 e. The summed E-state index contributed by atoms with van der Waals surface area (Å²) in [6.07, 6.45) is 1.95. The summed E-state index contributed by atoms with van der Waals surface area (Å²) in [5.74, 6) is -0.190. The molecule has 10 heteroatoms. The van der Waals surface area contributed by atoms with Crippen LogP contribution < -0.4 is 4.90 Å². The van der Waals surface area contributed by atoms with Crippen LogP contribution in [0.3, 0.4) is 0 Å². The molecule has 0 N–H and O–H groups in total. The minimum absolute atomic E-state index is 0.190. The number of thiazole rings is 1. The molecule has 0 saturated carbocycles. The van der Waals surface area contributed by atoms with Crippen molar-refractivity contribution in [2.45, 2.75) is 11.3 Å². The third kappa shape index (κ3) is 5.55. The Morgan fingerprint density at radius 1 is 1.19 bits per heavy atom. The second-order valence-electron chi connectivity index (χ2n) is 7.67. The number of sulfone groups is 1. The van der Waals surface area contributed by atoms with E-state index in [0.717, 1.165) is 60.2 Å². The maximum absolute atomic E-state index is 13.4. The first-order valence-corrected chi connectivity index (χ1v) is 13.8. The number of halogens is 1. The number of fused-ring (bicyclic) bond motifs is 1. The second kappa shape index (κ2) is 9.96. The Bertz CT molecular complexity index is 1210. The van der Waals surface area contributed by atoms with Crippen molar-refractivity contribution in [2.75, 3.05) is 50.5 Å². The van der Waals surface area contributed by atoms with Gasteiger partial charge in [-0.3, -0.25) is 14.6 Å². The van der Waals surface area contributed by atoms with Crippen LogP contribution in [0, 0.1) is 0 Å². The molecule has 1 aromatic heterocycles. The normalized spacial score (nSPS) is 15.2. The molecule has 0 spiro atoms. The number of hydrogen-bond acceptors (Lipinski definition) is 7. The number of morpholine rings is 1. The van der Waals surface area contributed by atoms with Crippen LogP contribution in [-0.2, 0) is 14.6 Å². The number of aromatic nitrogens is 1. The summed E-state index contributed by atoms with van der Waals surface area (Å²) in [6.45, 7) is 4.66. The van der Waals surface area contributed by atoms with E-state index < -0.39 is 9.84 Å². The van der Waals surface area contributed by atoms with E-state index in [9.17, 15) is 13.2 Å². The molecule has 170 valence electrons. The quantitative estimate of drug-likeness (QED) is 0.455. The van der Waals surface area contributed by atoms with Gasteiger partial charge in [0.25, 0.3) is 5.91 Å². The summed E-state index contributed by atoms with van der Waals surface area (Å²) >= 11 is 4.96. The van der Waals surface area contributed by atoms with Gasteiger partial charge in [-0.25, -0.2) is 13.4 Å². The van der Waals surface area contributed by atoms with Gasteiger partial charge in [0.05, 0.1) is 28.3 Å². The van der Waals surface area contributed by atoms with Gasteiger partial charge in [0.1, 0.15) is 0 Å². The number of anilines is 1. The molecule has 1 fully saturated rings. The van der Waals surface area contributed by atoms with Crippen LogP contribution in [0.15, 0.2) is 51.8 Å². The Morgan fingerprint density at radius 3 is 2.59 bits per heavy atom. The van der Waals surface area contributed by atoms with Crippen molar-refractivity contribution in [3.05, 3.63) is 52.5 Å². The largest absolute Gasteiger partial charge is 0.379 e. The maximum Gasteiger partial charge on any atom is 0.260 e. The van der Waals surface area contributed by atoms with Gasteiger partial charge >= 0.3 is 0 Å². The number of rotatable bonds is 7. The molecule has 32 heavy (non-hydrogen) atoms. The van der Waals surface area contributed by atoms with Crippen molar-refractivity contribution in [1.29, 1.82) is 0 Å². The Labute approximate surface area is 200 Å². The zero-order chi connectivity index (χ0) is 22.7. The summed E-state index contributed by atoms with van der Waals surface area (Å²) in [4.78, 5) is 22.4. The monoisotopic (exact) mass is 537 g/mol. The Balaban J connectivity index is 1.58. The molecular formula is C22H24BrN3O4S2. The van der Waals surface area contributed by atoms with E-state index >= 15 is 0 Å². The third-order valence-electron chi connectivity index (χ3n) is 5.30. The summed E-state index contributed by atoms with van der Waals surface area (Å²) in [7, 11) is -3.32. The molecule has 0 aliphatic carbocycles. The van der Waals surface area contributed by atoms with E-state index in [1.54, 1.807) is 17.0 Å². The van der Waals surface area contributed by atoms with E-state index in [4.69, 9.17) is 9.72 Å². The molecule has 1 amide bonds. The van der Waals surface area contributed by atoms with Crippen LogP contribution in [0.4, 0.5) is 5.13 Å². The van der Waals surface area contributed by atoms with Crippen LogP contribution >= 0.6 is 27.3 Å². The highest BCUT2D eigenvalue weighted by molar-refractivity contribution is 9.10. The molecule has 0 atom stereocenters. The minimum atomic E-state index is -3.32. The van der Waals surface area contributed by atoms with Crippen LogP contribution in [0.2, 0.25) is 0 Å². The molecule has 0 unspecified atom stereocenters. The van der Waals surface area contributed by atoms with E-state index in [2.05, 4.69) is 20.8 Å². The Hall–Kier alpha value is -1.85. The predicted molar refractivity (Wildman–Crippen MR) is 130 cm³/mol. The van der Waals surface area contributed by atoms with Gasteiger partial charge in [0.2, 0.25) is 0 Å². The molecule has 2 aromatic carbocycles. The zero-order valence-electron chi connectivity index (χ0n) is 17.7. The van der Waals surface area contributed by atoms with Crippen molar-refractivity contribution in [2.24, 2.45) is 0 Å². The lowest BCUT2D eigenvalue weighted by Gasteiger charge is -2.27. The average molecular weight is 538 g/mol. The lowest BCUT2D eigenvalue weighted by atomic mass is 10.2. The van der Waals surface area contributed by atoms with E-state index in [0.29, 0.717) is 17.2 Å². The van der Waals surface area contributed by atoms with Crippen LogP contribution in [0.5, 0.6) is 0 Å². The third-order valence-corrected chi connectivity index (χ3v) is 7.97.